The van der Waals surface area contributed by atoms with E-state index in [1.54, 1.807) is 4.31 Å². The molecule has 1 aromatic heterocycles. The molecule has 0 saturated carbocycles. The molecule has 0 amide bonds. The van der Waals surface area contributed by atoms with E-state index in [-0.39, 0.29) is 5.92 Å². The smallest absolute Gasteiger partial charge is 0.261 e. The Labute approximate surface area is 173 Å². The van der Waals surface area contributed by atoms with E-state index in [0.717, 1.165) is 35.5 Å². The van der Waals surface area contributed by atoms with Crippen molar-refractivity contribution in [3.63, 3.8) is 0 Å². The maximum atomic E-state index is 12.8. The van der Waals surface area contributed by atoms with Gasteiger partial charge in [-0.15, -0.1) is 0 Å². The van der Waals surface area contributed by atoms with E-state index in [1.807, 2.05) is 50.4 Å². The number of hydrogen-bond acceptors (Lipinski definition) is 3. The maximum absolute atomic E-state index is 12.8. The molecular weight excluding hydrogens is 394 g/mol. The van der Waals surface area contributed by atoms with Gasteiger partial charge in [0.1, 0.15) is 0 Å². The van der Waals surface area contributed by atoms with Gasteiger partial charge in [-0.1, -0.05) is 43.6 Å². The third-order valence-corrected chi connectivity index (χ3v) is 7.73. The van der Waals surface area contributed by atoms with Crippen LogP contribution in [0.3, 0.4) is 0 Å². The van der Waals surface area contributed by atoms with Crippen LogP contribution in [-0.2, 0) is 16.6 Å². The lowest BCUT2D eigenvalue weighted by Gasteiger charge is -2.34. The minimum absolute atomic E-state index is 0.142. The minimum atomic E-state index is -3.39. The molecule has 7 heteroatoms. The molecule has 0 N–H and O–H groups in total. The number of rotatable bonds is 7. The summed E-state index contributed by atoms with van der Waals surface area (Å²) in [6.07, 6.45) is 4.53. The van der Waals surface area contributed by atoms with E-state index < -0.39 is 10.2 Å². The first-order valence-corrected chi connectivity index (χ1v) is 11.7. The van der Waals surface area contributed by atoms with Crippen molar-refractivity contribution in [2.24, 2.45) is 0 Å². The molecule has 1 aliphatic rings. The van der Waals surface area contributed by atoms with Gasteiger partial charge >= 0.3 is 0 Å². The fraction of sp³-hybridized carbons (Fsp3) is 0.476. The molecule has 2 heterocycles. The summed E-state index contributed by atoms with van der Waals surface area (Å²) < 4.78 is 28.8. The van der Waals surface area contributed by atoms with Crippen molar-refractivity contribution >= 4 is 21.8 Å². The maximum Gasteiger partial charge on any atom is 0.281 e. The fourth-order valence-corrected chi connectivity index (χ4v) is 5.56. The van der Waals surface area contributed by atoms with Crippen molar-refractivity contribution in [3.8, 4) is 0 Å². The van der Waals surface area contributed by atoms with E-state index in [1.165, 1.54) is 9.87 Å². The highest BCUT2D eigenvalue weighted by molar-refractivity contribution is 7.86. The average Bonchev–Trinajstić information content (AvgIpc) is 2.71. The van der Waals surface area contributed by atoms with E-state index in [0.29, 0.717) is 26.2 Å². The van der Waals surface area contributed by atoms with Gasteiger partial charge in [0.2, 0.25) is 0 Å². The quantitative estimate of drug-likeness (QED) is 0.676. The second-order valence-corrected chi connectivity index (χ2v) is 9.55. The Kier molecular flexibility index (Phi) is 7.10. The number of piperidine rings is 1. The van der Waals surface area contributed by atoms with E-state index in [9.17, 15) is 8.42 Å². The Hall–Kier alpha value is -1.47. The van der Waals surface area contributed by atoms with Crippen LogP contribution in [0.4, 0.5) is 0 Å². The molecule has 0 radical (unpaired) electrons. The van der Waals surface area contributed by atoms with Crippen molar-refractivity contribution in [2.45, 2.75) is 39.0 Å². The van der Waals surface area contributed by atoms with Gasteiger partial charge in [0, 0.05) is 49.0 Å². The van der Waals surface area contributed by atoms with Gasteiger partial charge in [0.05, 0.1) is 0 Å². The minimum Gasteiger partial charge on any atom is -0.261 e. The highest BCUT2D eigenvalue weighted by Crippen LogP contribution is 2.28. The van der Waals surface area contributed by atoms with Crippen molar-refractivity contribution in [2.75, 3.05) is 26.2 Å². The van der Waals surface area contributed by atoms with Gasteiger partial charge in [-0.3, -0.25) is 4.98 Å². The Balaban J connectivity index is 1.68. The van der Waals surface area contributed by atoms with Crippen molar-refractivity contribution in [3.05, 3.63) is 64.4 Å². The molecule has 1 fully saturated rings. The van der Waals surface area contributed by atoms with Gasteiger partial charge < -0.3 is 0 Å². The largest absolute Gasteiger partial charge is 0.281 e. The Morgan fingerprint density at radius 3 is 2.39 bits per heavy atom. The zero-order chi connectivity index (χ0) is 20.1. The first-order chi connectivity index (χ1) is 13.4. The molecule has 0 spiro atoms. The topological polar surface area (TPSA) is 53.5 Å². The first kappa shape index (κ1) is 21.2. The van der Waals surface area contributed by atoms with E-state index in [2.05, 4.69) is 11.1 Å². The van der Waals surface area contributed by atoms with Crippen molar-refractivity contribution in [1.82, 2.24) is 13.6 Å². The third kappa shape index (κ3) is 4.92. The molecule has 0 unspecified atom stereocenters. The fourth-order valence-electron chi connectivity index (χ4n) is 3.73. The number of halogens is 1. The van der Waals surface area contributed by atoms with Crippen LogP contribution in [0.5, 0.6) is 0 Å². The average molecular weight is 422 g/mol. The Morgan fingerprint density at radius 1 is 1.11 bits per heavy atom. The van der Waals surface area contributed by atoms with Crippen LogP contribution in [0.1, 0.15) is 49.4 Å². The van der Waals surface area contributed by atoms with Crippen molar-refractivity contribution in [1.29, 1.82) is 0 Å². The summed E-state index contributed by atoms with van der Waals surface area (Å²) in [4.78, 5) is 4.66. The van der Waals surface area contributed by atoms with Crippen LogP contribution >= 0.6 is 11.6 Å². The highest BCUT2D eigenvalue weighted by Gasteiger charge is 2.33. The molecule has 1 saturated heterocycles. The summed E-state index contributed by atoms with van der Waals surface area (Å²) >= 11 is 5.94. The van der Waals surface area contributed by atoms with Crippen LogP contribution in [0.15, 0.2) is 42.6 Å². The first-order valence-electron chi connectivity index (χ1n) is 9.88. The molecular formula is C21H28ClN3O2S. The molecule has 5 nitrogen and oxygen atoms in total. The SMILES string of the molecule is CCN(CC)S(=O)(=O)N1CCC[C@H](c2ccc(Cc3ccc(Cl)cc3)cn2)C1. The van der Waals surface area contributed by atoms with Gasteiger partial charge in [0.25, 0.3) is 10.2 Å². The van der Waals surface area contributed by atoms with Crippen LogP contribution < -0.4 is 0 Å². The van der Waals surface area contributed by atoms with E-state index >= 15 is 0 Å². The monoisotopic (exact) mass is 421 g/mol. The van der Waals surface area contributed by atoms with Gasteiger partial charge in [-0.2, -0.15) is 17.0 Å². The lowest BCUT2D eigenvalue weighted by atomic mass is 9.95. The summed E-state index contributed by atoms with van der Waals surface area (Å²) in [5.74, 6) is 0.142. The predicted octanol–water partition coefficient (Wildman–Crippen LogP) is 4.09. The Morgan fingerprint density at radius 2 is 1.79 bits per heavy atom. The second-order valence-electron chi connectivity index (χ2n) is 7.18. The zero-order valence-corrected chi connectivity index (χ0v) is 18.1. The molecule has 152 valence electrons. The lowest BCUT2D eigenvalue weighted by molar-refractivity contribution is 0.285. The van der Waals surface area contributed by atoms with Gasteiger partial charge in [-0.05, 0) is 48.6 Å². The molecule has 3 rings (SSSR count). The third-order valence-electron chi connectivity index (χ3n) is 5.33. The van der Waals surface area contributed by atoms with E-state index in [4.69, 9.17) is 11.6 Å². The summed E-state index contributed by atoms with van der Waals surface area (Å²) in [6.45, 7) is 5.84. The van der Waals surface area contributed by atoms with Crippen molar-refractivity contribution < 1.29 is 8.42 Å². The number of hydrogen-bond donors (Lipinski definition) is 0. The summed E-state index contributed by atoms with van der Waals surface area (Å²) in [5, 5.41) is 0.735. The van der Waals surface area contributed by atoms with Gasteiger partial charge in [-0.25, -0.2) is 0 Å². The van der Waals surface area contributed by atoms with Crippen LogP contribution in [0.25, 0.3) is 0 Å². The lowest BCUT2D eigenvalue weighted by Crippen LogP contribution is -2.47. The summed E-state index contributed by atoms with van der Waals surface area (Å²) in [7, 11) is -3.39. The zero-order valence-electron chi connectivity index (χ0n) is 16.5. The summed E-state index contributed by atoms with van der Waals surface area (Å²) in [6, 6.07) is 12.0. The number of benzene rings is 1. The second kappa shape index (κ2) is 9.35. The van der Waals surface area contributed by atoms with Crippen LogP contribution in [0, 0.1) is 0 Å². The molecule has 1 atom stereocenters. The molecule has 28 heavy (non-hydrogen) atoms. The predicted molar refractivity (Wildman–Crippen MR) is 114 cm³/mol. The number of pyridine rings is 1. The van der Waals surface area contributed by atoms with Gasteiger partial charge in [0.15, 0.2) is 0 Å². The molecule has 0 aliphatic carbocycles. The number of nitrogens with zero attached hydrogens (tertiary/aromatic N) is 3. The molecule has 1 aromatic carbocycles. The molecule has 1 aliphatic heterocycles. The van der Waals surface area contributed by atoms with Crippen LogP contribution in [-0.4, -0.2) is 48.2 Å². The standard InChI is InChI=1S/C21H28ClN3O2S/c1-3-24(4-2)28(26,27)25-13-5-6-19(16-25)21-12-9-18(15-23-21)14-17-7-10-20(22)11-8-17/h7-12,15,19H,3-6,13-14,16H2,1-2H3/t19-/m0/s1. The van der Waals surface area contributed by atoms with Crippen LogP contribution in [0.2, 0.25) is 5.02 Å². The summed E-state index contributed by atoms with van der Waals surface area (Å²) in [5.41, 5.74) is 3.29. The number of aromatic nitrogens is 1. The highest BCUT2D eigenvalue weighted by atomic mass is 35.5. The Bertz CT molecular complexity index is 866. The molecule has 2 aromatic rings. The molecule has 0 bridgehead atoms. The normalized spacial score (nSPS) is 18.5.